The second-order valence-electron chi connectivity index (χ2n) is 4.35. The van der Waals surface area contributed by atoms with Gasteiger partial charge in [-0.1, -0.05) is 13.8 Å². The van der Waals surface area contributed by atoms with Crippen molar-refractivity contribution in [3.63, 3.8) is 0 Å². The molecule has 0 aromatic carbocycles. The van der Waals surface area contributed by atoms with Gasteiger partial charge < -0.3 is 9.73 Å². The van der Waals surface area contributed by atoms with E-state index in [0.717, 1.165) is 22.9 Å². The zero-order chi connectivity index (χ0) is 11.3. The van der Waals surface area contributed by atoms with Crippen LogP contribution >= 0.6 is 15.9 Å². The monoisotopic (exact) mass is 273 g/mol. The van der Waals surface area contributed by atoms with E-state index in [-0.39, 0.29) is 0 Å². The molecule has 0 fully saturated rings. The Hall–Kier alpha value is -0.280. The van der Waals surface area contributed by atoms with Crippen LogP contribution in [-0.4, -0.2) is 6.54 Å². The topological polar surface area (TPSA) is 25.2 Å². The summed E-state index contributed by atoms with van der Waals surface area (Å²) in [6, 6.07) is 4.23. The molecule has 3 heteroatoms. The van der Waals surface area contributed by atoms with E-state index < -0.39 is 0 Å². The molecule has 1 atom stereocenters. The van der Waals surface area contributed by atoms with Gasteiger partial charge in [0.05, 0.1) is 6.04 Å². The maximum atomic E-state index is 5.48. The lowest BCUT2D eigenvalue weighted by atomic mass is 10.1. The van der Waals surface area contributed by atoms with E-state index in [0.29, 0.717) is 6.04 Å². The minimum Gasteiger partial charge on any atom is -0.453 e. The molecule has 0 aliphatic carbocycles. The average Bonchev–Trinajstić information content (AvgIpc) is 2.59. The molecule has 1 heterocycles. The molecule has 0 radical (unpaired) electrons. The molecule has 1 rings (SSSR count). The van der Waals surface area contributed by atoms with Crippen LogP contribution in [0.25, 0.3) is 0 Å². The first-order valence-corrected chi connectivity index (χ1v) is 6.37. The highest BCUT2D eigenvalue weighted by Gasteiger charge is 2.08. The highest BCUT2D eigenvalue weighted by Crippen LogP contribution is 2.19. The Labute approximate surface area is 101 Å². The van der Waals surface area contributed by atoms with Crippen LogP contribution in [0.2, 0.25) is 0 Å². The molecule has 0 amide bonds. The van der Waals surface area contributed by atoms with Gasteiger partial charge in [0, 0.05) is 0 Å². The van der Waals surface area contributed by atoms with Gasteiger partial charge >= 0.3 is 0 Å². The Bertz CT molecular complexity index is 283. The summed E-state index contributed by atoms with van der Waals surface area (Å²) in [5, 5.41) is 3.45. The lowest BCUT2D eigenvalue weighted by Crippen LogP contribution is -2.19. The summed E-state index contributed by atoms with van der Waals surface area (Å²) in [5.74, 6) is 1.78. The zero-order valence-electron chi connectivity index (χ0n) is 9.72. The Balaban J connectivity index is 2.21. The van der Waals surface area contributed by atoms with Crippen LogP contribution < -0.4 is 5.32 Å². The van der Waals surface area contributed by atoms with Crippen molar-refractivity contribution >= 4 is 15.9 Å². The summed E-state index contributed by atoms with van der Waals surface area (Å²) in [4.78, 5) is 0. The zero-order valence-corrected chi connectivity index (χ0v) is 11.3. The van der Waals surface area contributed by atoms with Gasteiger partial charge in [0.1, 0.15) is 5.76 Å². The lowest BCUT2D eigenvalue weighted by Gasteiger charge is -2.11. The third-order valence-corrected chi connectivity index (χ3v) is 2.86. The largest absolute Gasteiger partial charge is 0.453 e. The second-order valence-corrected chi connectivity index (χ2v) is 5.14. The van der Waals surface area contributed by atoms with Crippen LogP contribution in [0, 0.1) is 5.92 Å². The van der Waals surface area contributed by atoms with Crippen molar-refractivity contribution in [3.05, 3.63) is 22.6 Å². The van der Waals surface area contributed by atoms with Crippen LogP contribution in [-0.2, 0) is 0 Å². The standard InChI is InChI=1S/C12H20BrNO/c1-9(2)5-4-8-14-10(3)11-6-7-12(13)15-11/h6-7,9-10,14H,4-5,8H2,1-3H3. The molecule has 1 N–H and O–H groups in total. The van der Waals surface area contributed by atoms with Crippen LogP contribution in [0.4, 0.5) is 0 Å². The summed E-state index contributed by atoms with van der Waals surface area (Å²) in [7, 11) is 0. The van der Waals surface area contributed by atoms with E-state index in [4.69, 9.17) is 4.42 Å². The summed E-state index contributed by atoms with van der Waals surface area (Å²) in [6.07, 6.45) is 2.51. The van der Waals surface area contributed by atoms with E-state index in [9.17, 15) is 0 Å². The number of nitrogens with one attached hydrogen (secondary N) is 1. The van der Waals surface area contributed by atoms with Crippen molar-refractivity contribution < 1.29 is 4.42 Å². The van der Waals surface area contributed by atoms with Crippen molar-refractivity contribution in [2.24, 2.45) is 5.92 Å². The van der Waals surface area contributed by atoms with Gasteiger partial charge in [-0.15, -0.1) is 0 Å². The van der Waals surface area contributed by atoms with Crippen LogP contribution in [0.15, 0.2) is 21.2 Å². The SMILES string of the molecule is CC(C)CCCNC(C)c1ccc(Br)o1. The molecular formula is C12H20BrNO. The molecule has 2 nitrogen and oxygen atoms in total. The second kappa shape index (κ2) is 6.33. The van der Waals surface area contributed by atoms with Crippen LogP contribution in [0.3, 0.4) is 0 Å². The van der Waals surface area contributed by atoms with Gasteiger partial charge in [0.15, 0.2) is 4.67 Å². The van der Waals surface area contributed by atoms with E-state index in [1.54, 1.807) is 0 Å². The number of furan rings is 1. The van der Waals surface area contributed by atoms with Gasteiger partial charge in [-0.2, -0.15) is 0 Å². The normalized spacial score (nSPS) is 13.4. The van der Waals surface area contributed by atoms with Crippen molar-refractivity contribution in [1.29, 1.82) is 0 Å². The lowest BCUT2D eigenvalue weighted by molar-refractivity contribution is 0.410. The Morgan fingerprint density at radius 2 is 2.07 bits per heavy atom. The van der Waals surface area contributed by atoms with Crippen molar-refractivity contribution in [3.8, 4) is 0 Å². The first kappa shape index (κ1) is 12.8. The highest BCUT2D eigenvalue weighted by molar-refractivity contribution is 9.10. The smallest absolute Gasteiger partial charge is 0.169 e. The maximum Gasteiger partial charge on any atom is 0.169 e. The molecular weight excluding hydrogens is 254 g/mol. The van der Waals surface area contributed by atoms with E-state index in [1.807, 2.05) is 12.1 Å². The molecule has 0 saturated carbocycles. The van der Waals surface area contributed by atoms with Gasteiger partial charge in [0.2, 0.25) is 0 Å². The number of rotatable bonds is 6. The van der Waals surface area contributed by atoms with E-state index >= 15 is 0 Å². The van der Waals surface area contributed by atoms with Crippen molar-refractivity contribution in [2.75, 3.05) is 6.54 Å². The predicted octanol–water partition coefficient (Wildman–Crippen LogP) is 4.13. The molecule has 86 valence electrons. The minimum absolute atomic E-state index is 0.295. The van der Waals surface area contributed by atoms with E-state index in [1.165, 1.54) is 12.8 Å². The number of halogens is 1. The maximum absolute atomic E-state index is 5.48. The fourth-order valence-corrected chi connectivity index (χ4v) is 1.81. The van der Waals surface area contributed by atoms with Gasteiger partial charge in [-0.25, -0.2) is 0 Å². The molecule has 1 aromatic rings. The molecule has 0 aliphatic heterocycles. The quantitative estimate of drug-likeness (QED) is 0.789. The van der Waals surface area contributed by atoms with Crippen LogP contribution in [0.5, 0.6) is 0 Å². The molecule has 0 aliphatic rings. The summed E-state index contributed by atoms with van der Waals surface area (Å²) in [6.45, 7) is 7.69. The fraction of sp³-hybridized carbons (Fsp3) is 0.667. The third-order valence-electron chi connectivity index (χ3n) is 2.43. The minimum atomic E-state index is 0.295. The van der Waals surface area contributed by atoms with Gasteiger partial charge in [0.25, 0.3) is 0 Å². The molecule has 0 saturated heterocycles. The summed E-state index contributed by atoms with van der Waals surface area (Å²) < 4.78 is 6.28. The molecule has 1 unspecified atom stereocenters. The van der Waals surface area contributed by atoms with Crippen molar-refractivity contribution in [1.82, 2.24) is 5.32 Å². The van der Waals surface area contributed by atoms with E-state index in [2.05, 4.69) is 42.0 Å². The molecule has 1 aromatic heterocycles. The fourth-order valence-electron chi connectivity index (χ4n) is 1.49. The first-order chi connectivity index (χ1) is 7.09. The number of hydrogen-bond donors (Lipinski definition) is 1. The Morgan fingerprint density at radius 3 is 2.60 bits per heavy atom. The third kappa shape index (κ3) is 4.85. The molecule has 0 spiro atoms. The first-order valence-electron chi connectivity index (χ1n) is 5.58. The predicted molar refractivity (Wildman–Crippen MR) is 66.9 cm³/mol. The van der Waals surface area contributed by atoms with Gasteiger partial charge in [-0.3, -0.25) is 0 Å². The molecule has 0 bridgehead atoms. The van der Waals surface area contributed by atoms with Crippen molar-refractivity contribution in [2.45, 2.75) is 39.7 Å². The Kier molecular flexibility index (Phi) is 5.40. The number of hydrogen-bond acceptors (Lipinski definition) is 2. The van der Waals surface area contributed by atoms with Crippen LogP contribution in [0.1, 0.15) is 45.4 Å². The highest BCUT2D eigenvalue weighted by atomic mass is 79.9. The summed E-state index contributed by atoms with van der Waals surface area (Å²) in [5.41, 5.74) is 0. The molecule has 15 heavy (non-hydrogen) atoms. The Morgan fingerprint density at radius 1 is 1.33 bits per heavy atom. The average molecular weight is 274 g/mol. The summed E-state index contributed by atoms with van der Waals surface area (Å²) >= 11 is 3.31. The van der Waals surface area contributed by atoms with Gasteiger partial charge in [-0.05, 0) is 60.3 Å².